The van der Waals surface area contributed by atoms with E-state index in [2.05, 4.69) is 0 Å². The van der Waals surface area contributed by atoms with Gasteiger partial charge in [-0.05, 0) is 44.0 Å². The third kappa shape index (κ3) is 6.13. The molecule has 0 spiro atoms. The minimum absolute atomic E-state index is 0.0872. The second kappa shape index (κ2) is 11.4. The van der Waals surface area contributed by atoms with E-state index in [0.29, 0.717) is 31.5 Å². The molecule has 0 bridgehead atoms. The van der Waals surface area contributed by atoms with Crippen LogP contribution in [0.3, 0.4) is 0 Å². The Hall–Kier alpha value is -3.27. The Bertz CT molecular complexity index is 887. The van der Waals surface area contributed by atoms with Crippen LogP contribution in [0.15, 0.2) is 35.6 Å². The summed E-state index contributed by atoms with van der Waals surface area (Å²) in [6.07, 6.45) is 2.55. The highest BCUT2D eigenvalue weighted by molar-refractivity contribution is 6.21. The molecule has 4 N–H and O–H groups in total. The van der Waals surface area contributed by atoms with Crippen molar-refractivity contribution in [2.75, 3.05) is 26.7 Å². The Morgan fingerprint density at radius 3 is 2.53 bits per heavy atom. The van der Waals surface area contributed by atoms with Crippen LogP contribution in [0.5, 0.6) is 0 Å². The van der Waals surface area contributed by atoms with Crippen LogP contribution < -0.4 is 5.73 Å². The number of amides is 3. The monoisotopic (exact) mass is 447 g/mol. The normalized spacial score (nSPS) is 17.3. The van der Waals surface area contributed by atoms with Gasteiger partial charge in [-0.25, -0.2) is 4.39 Å². The van der Waals surface area contributed by atoms with Crippen LogP contribution in [0.25, 0.3) is 0 Å². The molecule has 1 unspecified atom stereocenters. The molecule has 2 rings (SSSR count). The molecule has 0 aliphatic carbocycles. The van der Waals surface area contributed by atoms with Gasteiger partial charge in [0.15, 0.2) is 0 Å². The smallest absolute Gasteiger partial charge is 0.260 e. The fourth-order valence-electron chi connectivity index (χ4n) is 3.57. The van der Waals surface area contributed by atoms with E-state index in [1.54, 1.807) is 11.8 Å². The van der Waals surface area contributed by atoms with Crippen molar-refractivity contribution >= 4 is 24.1 Å². The van der Waals surface area contributed by atoms with Gasteiger partial charge in [0.2, 0.25) is 12.3 Å². The molecule has 1 aliphatic rings. The number of carbonyl (C=O) groups excluding carboxylic acids is 3. The maximum absolute atomic E-state index is 13.2. The number of carbonyl (C=O) groups is 3. The lowest BCUT2D eigenvalue weighted by atomic mass is 10.0. The fraction of sp³-hybridized carbons (Fsp3) is 0.455. The van der Waals surface area contributed by atoms with E-state index in [4.69, 9.17) is 11.1 Å². The Kier molecular flexibility index (Phi) is 8.89. The summed E-state index contributed by atoms with van der Waals surface area (Å²) in [4.78, 5) is 40.5. The van der Waals surface area contributed by atoms with E-state index in [0.717, 1.165) is 17.7 Å². The highest BCUT2D eigenvalue weighted by atomic mass is 19.1. The van der Waals surface area contributed by atoms with Crippen molar-refractivity contribution in [3.63, 3.8) is 0 Å². The number of aliphatic hydroxyl groups excluding tert-OH is 1. The molecule has 174 valence electrons. The van der Waals surface area contributed by atoms with Gasteiger partial charge in [-0.2, -0.15) is 0 Å². The van der Waals surface area contributed by atoms with Gasteiger partial charge in [0, 0.05) is 13.6 Å². The maximum Gasteiger partial charge on any atom is 0.260 e. The zero-order valence-corrected chi connectivity index (χ0v) is 18.4. The van der Waals surface area contributed by atoms with Crippen molar-refractivity contribution in [3.8, 4) is 0 Å². The number of primary amides is 1. The third-order valence-electron chi connectivity index (χ3n) is 5.54. The number of amidine groups is 1. The van der Waals surface area contributed by atoms with Gasteiger partial charge >= 0.3 is 0 Å². The summed E-state index contributed by atoms with van der Waals surface area (Å²) in [6.45, 7) is 2.31. The predicted octanol–water partition coefficient (Wildman–Crippen LogP) is 1.39. The van der Waals surface area contributed by atoms with Crippen molar-refractivity contribution in [1.82, 2.24) is 14.7 Å². The molecular formula is C22H30FN5O4. The summed E-state index contributed by atoms with van der Waals surface area (Å²) in [6, 6.07) is 4.81. The van der Waals surface area contributed by atoms with Crippen LogP contribution in [-0.2, 0) is 20.9 Å². The molecular weight excluding hydrogens is 417 g/mol. The molecule has 9 nitrogen and oxygen atoms in total. The number of piperidine rings is 1. The largest absolute Gasteiger partial charge is 0.510 e. The molecule has 1 aliphatic heterocycles. The van der Waals surface area contributed by atoms with Crippen molar-refractivity contribution in [2.24, 2.45) is 5.73 Å². The van der Waals surface area contributed by atoms with Crippen LogP contribution in [0.4, 0.5) is 4.39 Å². The number of rotatable bonds is 9. The van der Waals surface area contributed by atoms with E-state index in [9.17, 15) is 23.9 Å². The lowest BCUT2D eigenvalue weighted by molar-refractivity contribution is -0.125. The van der Waals surface area contributed by atoms with E-state index >= 15 is 0 Å². The molecule has 3 amide bonds. The molecule has 1 heterocycles. The van der Waals surface area contributed by atoms with Gasteiger partial charge in [-0.3, -0.25) is 29.6 Å². The number of nitrogens with zero attached hydrogens (tertiary/aromatic N) is 3. The topological polar surface area (TPSA) is 131 Å². The van der Waals surface area contributed by atoms with Crippen molar-refractivity contribution < 1.29 is 23.9 Å². The first kappa shape index (κ1) is 25.0. The summed E-state index contributed by atoms with van der Waals surface area (Å²) < 4.78 is 13.2. The van der Waals surface area contributed by atoms with Crippen molar-refractivity contribution in [2.45, 2.75) is 38.8 Å². The molecule has 10 heteroatoms. The van der Waals surface area contributed by atoms with Gasteiger partial charge in [0.05, 0.1) is 19.1 Å². The number of hydrogen-bond donors (Lipinski definition) is 3. The first-order chi connectivity index (χ1) is 15.2. The van der Waals surface area contributed by atoms with Gasteiger partial charge in [0.1, 0.15) is 23.0 Å². The Morgan fingerprint density at radius 1 is 1.31 bits per heavy atom. The van der Waals surface area contributed by atoms with Gasteiger partial charge in [-0.1, -0.05) is 18.6 Å². The average molecular weight is 448 g/mol. The SMILES string of the molecule is CCN(C)C(=O)C(C(=N)N(C=O)Cc1ccc(F)cc1)=C(O)CN1CCCCC1C(N)=O. The molecule has 1 saturated heterocycles. The molecule has 1 aromatic carbocycles. The molecule has 32 heavy (non-hydrogen) atoms. The van der Waals surface area contributed by atoms with Gasteiger partial charge < -0.3 is 15.7 Å². The average Bonchev–Trinajstić information content (AvgIpc) is 2.78. The Labute approximate surface area is 186 Å². The summed E-state index contributed by atoms with van der Waals surface area (Å²) >= 11 is 0. The zero-order valence-electron chi connectivity index (χ0n) is 18.4. The molecule has 1 atom stereocenters. The zero-order chi connectivity index (χ0) is 23.8. The quantitative estimate of drug-likeness (QED) is 0.173. The summed E-state index contributed by atoms with van der Waals surface area (Å²) in [5.41, 5.74) is 5.70. The molecule has 0 radical (unpaired) electrons. The van der Waals surface area contributed by atoms with E-state index in [1.807, 2.05) is 0 Å². The standard InChI is InChI=1S/C22H30FN5O4/c1-3-26(2)22(32)19(18(30)13-27-11-5-4-6-17(27)21(25)31)20(24)28(14-29)12-15-7-9-16(23)10-8-15/h7-10,14,17,24,30H,3-6,11-13H2,1-2H3,(H2,25,31). The number of halogens is 1. The number of benzene rings is 1. The lowest BCUT2D eigenvalue weighted by Crippen LogP contribution is -2.49. The molecule has 1 fully saturated rings. The van der Waals surface area contributed by atoms with Crippen molar-refractivity contribution in [3.05, 3.63) is 47.0 Å². The fourth-order valence-corrected chi connectivity index (χ4v) is 3.57. The van der Waals surface area contributed by atoms with Gasteiger partial charge in [0.25, 0.3) is 5.91 Å². The highest BCUT2D eigenvalue weighted by Gasteiger charge is 2.31. The summed E-state index contributed by atoms with van der Waals surface area (Å²) in [5, 5.41) is 19.4. The van der Waals surface area contributed by atoms with Crippen LogP contribution in [0.2, 0.25) is 0 Å². The van der Waals surface area contributed by atoms with Crippen LogP contribution in [0.1, 0.15) is 31.7 Å². The molecule has 1 aromatic rings. The molecule has 0 saturated carbocycles. The van der Waals surface area contributed by atoms with E-state index in [1.165, 1.54) is 36.2 Å². The summed E-state index contributed by atoms with van der Waals surface area (Å²) in [5.74, 6) is -2.49. The third-order valence-corrected chi connectivity index (χ3v) is 5.54. The number of likely N-dealkylation sites (tertiary alicyclic amines) is 1. The Balaban J connectivity index is 2.37. The van der Waals surface area contributed by atoms with E-state index < -0.39 is 35.3 Å². The second-order valence-corrected chi connectivity index (χ2v) is 7.73. The Morgan fingerprint density at radius 2 is 1.97 bits per heavy atom. The van der Waals surface area contributed by atoms with Crippen LogP contribution in [-0.4, -0.2) is 76.6 Å². The minimum Gasteiger partial charge on any atom is -0.510 e. The predicted molar refractivity (Wildman–Crippen MR) is 117 cm³/mol. The van der Waals surface area contributed by atoms with Crippen LogP contribution >= 0.6 is 0 Å². The van der Waals surface area contributed by atoms with Gasteiger partial charge in [-0.15, -0.1) is 0 Å². The number of nitrogens with one attached hydrogen (secondary N) is 1. The molecule has 0 aromatic heterocycles. The number of likely N-dealkylation sites (N-methyl/N-ethyl adjacent to an activating group) is 1. The lowest BCUT2D eigenvalue weighted by Gasteiger charge is -2.34. The van der Waals surface area contributed by atoms with Crippen LogP contribution in [0, 0.1) is 11.2 Å². The summed E-state index contributed by atoms with van der Waals surface area (Å²) in [7, 11) is 1.52. The first-order valence-corrected chi connectivity index (χ1v) is 10.5. The van der Waals surface area contributed by atoms with E-state index in [-0.39, 0.29) is 18.7 Å². The maximum atomic E-state index is 13.2. The second-order valence-electron chi connectivity index (χ2n) is 7.73. The minimum atomic E-state index is -0.631. The highest BCUT2D eigenvalue weighted by Crippen LogP contribution is 2.20. The first-order valence-electron chi connectivity index (χ1n) is 10.5. The number of aliphatic hydroxyl groups is 1. The number of hydrogen-bond acceptors (Lipinski definition) is 6. The number of nitrogens with two attached hydrogens (primary N) is 1. The van der Waals surface area contributed by atoms with Crippen molar-refractivity contribution in [1.29, 1.82) is 5.41 Å².